The largest absolute Gasteiger partial charge is 0.292 e. The predicted octanol–water partition coefficient (Wildman–Crippen LogP) is 4.90. The monoisotopic (exact) mass is 347 g/mol. The van der Waals surface area contributed by atoms with Crippen molar-refractivity contribution >= 4 is 33.3 Å². The van der Waals surface area contributed by atoms with Crippen LogP contribution in [-0.4, -0.2) is 5.78 Å². The average Bonchev–Trinajstić information content (AvgIpc) is 2.41. The number of aryl methyl sites for hydroxylation is 1. The summed E-state index contributed by atoms with van der Waals surface area (Å²) in [6.45, 7) is 1.90. The van der Waals surface area contributed by atoms with Gasteiger partial charge in [-0.05, 0) is 42.3 Å². The van der Waals surface area contributed by atoms with Crippen LogP contribution in [0.25, 0.3) is 0 Å². The molecule has 0 spiro atoms. The van der Waals surface area contributed by atoms with E-state index in [1.54, 1.807) is 24.3 Å². The normalized spacial score (nSPS) is 11.7. The molecule has 0 bridgehead atoms. The number of hydrogen-bond donors (Lipinski definition) is 0. The van der Waals surface area contributed by atoms with Gasteiger partial charge in [0.2, 0.25) is 0 Å². The Labute approximate surface area is 131 Å². The molecule has 4 heteroatoms. The van der Waals surface area contributed by atoms with E-state index >= 15 is 0 Å². The Bertz CT molecular complexity index is 689. The summed E-state index contributed by atoms with van der Waals surface area (Å²) in [6, 6.07) is 14.4. The molecule has 1 atom stereocenters. The van der Waals surface area contributed by atoms with Crippen molar-refractivity contribution in [2.45, 2.75) is 12.8 Å². The van der Waals surface area contributed by atoms with Crippen molar-refractivity contribution in [3.05, 3.63) is 68.7 Å². The highest BCUT2D eigenvalue weighted by atomic mass is 79.9. The molecule has 0 N–H and O–H groups in total. The topological polar surface area (TPSA) is 40.9 Å². The van der Waals surface area contributed by atoms with Crippen molar-refractivity contribution < 1.29 is 4.79 Å². The molecule has 0 saturated heterocycles. The third-order valence-corrected chi connectivity index (χ3v) is 3.83. The van der Waals surface area contributed by atoms with Gasteiger partial charge < -0.3 is 0 Å². The van der Waals surface area contributed by atoms with Crippen molar-refractivity contribution in [1.29, 1.82) is 5.26 Å². The number of halogens is 2. The average molecular weight is 349 g/mol. The van der Waals surface area contributed by atoms with Crippen LogP contribution in [0.1, 0.15) is 27.4 Å². The number of carbonyl (C=O) groups excluding carboxylic acids is 1. The first-order valence-corrected chi connectivity index (χ1v) is 7.15. The Morgan fingerprint density at radius 1 is 1.25 bits per heavy atom. The molecule has 0 aliphatic heterocycles. The molecule has 100 valence electrons. The molecule has 1 unspecified atom stereocenters. The van der Waals surface area contributed by atoms with Gasteiger partial charge in [-0.1, -0.05) is 45.7 Å². The molecule has 20 heavy (non-hydrogen) atoms. The minimum Gasteiger partial charge on any atom is -0.292 e. The summed E-state index contributed by atoms with van der Waals surface area (Å²) in [5.74, 6) is -1.12. The lowest BCUT2D eigenvalue weighted by Crippen LogP contribution is -2.11. The molecule has 0 aromatic heterocycles. The van der Waals surface area contributed by atoms with E-state index in [9.17, 15) is 10.1 Å². The van der Waals surface area contributed by atoms with Crippen LogP contribution in [0.2, 0.25) is 5.02 Å². The summed E-state index contributed by atoms with van der Waals surface area (Å²) in [6.07, 6.45) is 0. The SMILES string of the molecule is Cc1ccc(C(=O)C(C#N)c2ccc(Br)cc2)c(Cl)c1. The second kappa shape index (κ2) is 6.21. The maximum atomic E-state index is 12.5. The second-order valence-electron chi connectivity index (χ2n) is 4.46. The fourth-order valence-electron chi connectivity index (χ4n) is 1.92. The molecule has 0 aliphatic rings. The molecule has 0 fully saturated rings. The molecule has 0 saturated carbocycles. The van der Waals surface area contributed by atoms with E-state index in [0.29, 0.717) is 16.1 Å². The number of nitriles is 1. The van der Waals surface area contributed by atoms with Gasteiger partial charge in [-0.2, -0.15) is 5.26 Å². The van der Waals surface area contributed by atoms with Gasteiger partial charge >= 0.3 is 0 Å². The molecule has 0 heterocycles. The predicted molar refractivity (Wildman–Crippen MR) is 83.0 cm³/mol. The summed E-state index contributed by atoms with van der Waals surface area (Å²) >= 11 is 9.43. The Morgan fingerprint density at radius 2 is 1.90 bits per heavy atom. The van der Waals surface area contributed by atoms with Crippen LogP contribution in [0.5, 0.6) is 0 Å². The van der Waals surface area contributed by atoms with Crippen molar-refractivity contribution in [2.24, 2.45) is 0 Å². The number of rotatable bonds is 3. The van der Waals surface area contributed by atoms with E-state index in [1.165, 1.54) is 0 Å². The minimum absolute atomic E-state index is 0.278. The second-order valence-corrected chi connectivity index (χ2v) is 5.78. The summed E-state index contributed by atoms with van der Waals surface area (Å²) in [5.41, 5.74) is 2.02. The van der Waals surface area contributed by atoms with Crippen molar-refractivity contribution in [2.75, 3.05) is 0 Å². The van der Waals surface area contributed by atoms with Gasteiger partial charge in [-0.25, -0.2) is 0 Å². The van der Waals surface area contributed by atoms with Crippen LogP contribution >= 0.6 is 27.5 Å². The number of benzene rings is 2. The Hall–Kier alpha value is -1.63. The van der Waals surface area contributed by atoms with Gasteiger partial charge in [0.1, 0.15) is 5.92 Å². The summed E-state index contributed by atoms with van der Waals surface area (Å²) in [7, 11) is 0. The smallest absolute Gasteiger partial charge is 0.185 e. The molecule has 2 aromatic rings. The van der Waals surface area contributed by atoms with E-state index < -0.39 is 5.92 Å². The fourth-order valence-corrected chi connectivity index (χ4v) is 2.51. The van der Waals surface area contributed by atoms with Crippen molar-refractivity contribution in [1.82, 2.24) is 0 Å². The molecule has 2 rings (SSSR count). The third kappa shape index (κ3) is 3.09. The van der Waals surface area contributed by atoms with Gasteiger partial charge in [0, 0.05) is 10.0 Å². The molecular weight excluding hydrogens is 338 g/mol. The lowest BCUT2D eigenvalue weighted by atomic mass is 9.91. The van der Waals surface area contributed by atoms with Crippen LogP contribution in [0.4, 0.5) is 0 Å². The Morgan fingerprint density at radius 3 is 2.45 bits per heavy atom. The maximum Gasteiger partial charge on any atom is 0.185 e. The summed E-state index contributed by atoms with van der Waals surface area (Å²) < 4.78 is 0.902. The highest BCUT2D eigenvalue weighted by Crippen LogP contribution is 2.26. The first kappa shape index (κ1) is 14.8. The number of nitrogens with zero attached hydrogens (tertiary/aromatic N) is 1. The molecule has 0 radical (unpaired) electrons. The van der Waals surface area contributed by atoms with E-state index in [1.807, 2.05) is 25.1 Å². The van der Waals surface area contributed by atoms with Gasteiger partial charge in [-0.15, -0.1) is 0 Å². The lowest BCUT2D eigenvalue weighted by Gasteiger charge is -2.10. The van der Waals surface area contributed by atoms with Crippen LogP contribution in [0.3, 0.4) is 0 Å². The number of hydrogen-bond acceptors (Lipinski definition) is 2. The van der Waals surface area contributed by atoms with Crippen LogP contribution in [0.15, 0.2) is 46.9 Å². The van der Waals surface area contributed by atoms with E-state index in [4.69, 9.17) is 11.6 Å². The molecule has 0 amide bonds. The highest BCUT2D eigenvalue weighted by molar-refractivity contribution is 9.10. The van der Waals surface area contributed by atoms with Gasteiger partial charge in [0.05, 0.1) is 11.1 Å². The lowest BCUT2D eigenvalue weighted by molar-refractivity contribution is 0.0979. The van der Waals surface area contributed by atoms with E-state index in [-0.39, 0.29) is 5.78 Å². The van der Waals surface area contributed by atoms with Gasteiger partial charge in [0.25, 0.3) is 0 Å². The van der Waals surface area contributed by atoms with Crippen molar-refractivity contribution in [3.8, 4) is 6.07 Å². The summed E-state index contributed by atoms with van der Waals surface area (Å²) in [5, 5.41) is 9.68. The Kier molecular flexibility index (Phi) is 4.59. The first-order chi connectivity index (χ1) is 9.52. The van der Waals surface area contributed by atoms with Crippen LogP contribution in [0, 0.1) is 18.3 Å². The Balaban J connectivity index is 2.39. The minimum atomic E-state index is -0.844. The molecule has 2 aromatic carbocycles. The zero-order valence-corrected chi connectivity index (χ0v) is 13.1. The van der Waals surface area contributed by atoms with Gasteiger partial charge in [-0.3, -0.25) is 4.79 Å². The standard InChI is InChI=1S/C16H11BrClNO/c1-10-2-7-13(15(18)8-10)16(20)14(9-19)11-3-5-12(17)6-4-11/h2-8,14H,1H3. The third-order valence-electron chi connectivity index (χ3n) is 2.98. The quantitative estimate of drug-likeness (QED) is 0.740. The number of carbonyl (C=O) groups is 1. The molecular formula is C16H11BrClNO. The highest BCUT2D eigenvalue weighted by Gasteiger charge is 2.23. The first-order valence-electron chi connectivity index (χ1n) is 5.98. The zero-order valence-electron chi connectivity index (χ0n) is 10.7. The zero-order chi connectivity index (χ0) is 14.7. The molecule has 2 nitrogen and oxygen atoms in total. The number of Topliss-reactive ketones (excluding diaryl/α,β-unsaturated/α-hetero) is 1. The van der Waals surface area contributed by atoms with Gasteiger partial charge in [0.15, 0.2) is 5.78 Å². The number of ketones is 1. The fraction of sp³-hybridized carbons (Fsp3) is 0.125. The summed E-state index contributed by atoms with van der Waals surface area (Å²) in [4.78, 5) is 12.5. The van der Waals surface area contributed by atoms with Crippen molar-refractivity contribution in [3.63, 3.8) is 0 Å². The van der Waals surface area contributed by atoms with Crippen LogP contribution < -0.4 is 0 Å². The van der Waals surface area contributed by atoms with Crippen LogP contribution in [-0.2, 0) is 0 Å². The van der Waals surface area contributed by atoms with E-state index in [2.05, 4.69) is 22.0 Å². The van der Waals surface area contributed by atoms with E-state index in [0.717, 1.165) is 10.0 Å². The maximum absolute atomic E-state index is 12.5. The molecule has 0 aliphatic carbocycles.